The van der Waals surface area contributed by atoms with Gasteiger partial charge in [0, 0.05) is 31.4 Å². The molecule has 33 heavy (non-hydrogen) atoms. The summed E-state index contributed by atoms with van der Waals surface area (Å²) in [7, 11) is 0. The second kappa shape index (κ2) is 8.57. The second-order valence-electron chi connectivity index (χ2n) is 10.8. The third-order valence-corrected chi connectivity index (χ3v) is 7.07. The van der Waals surface area contributed by atoms with Crippen molar-refractivity contribution in [2.45, 2.75) is 52.0 Å². The van der Waals surface area contributed by atoms with Crippen LogP contribution in [0, 0.1) is 28.9 Å². The third-order valence-electron chi connectivity index (χ3n) is 7.07. The number of hydrogen-bond donors (Lipinski definition) is 2. The van der Waals surface area contributed by atoms with E-state index in [1.54, 1.807) is 6.07 Å². The maximum Gasteiger partial charge on any atom is 0.325 e. The van der Waals surface area contributed by atoms with Crippen molar-refractivity contribution >= 4 is 23.5 Å². The van der Waals surface area contributed by atoms with Gasteiger partial charge in [0.1, 0.15) is 12.1 Å². The zero-order valence-electron chi connectivity index (χ0n) is 19.4. The van der Waals surface area contributed by atoms with E-state index < -0.39 is 23.2 Å². The minimum absolute atomic E-state index is 0.0688. The van der Waals surface area contributed by atoms with Gasteiger partial charge in [-0.15, -0.1) is 0 Å². The molecule has 4 amide bonds. The Morgan fingerprint density at radius 2 is 1.97 bits per heavy atom. The molecule has 1 aliphatic carbocycles. The predicted molar refractivity (Wildman–Crippen MR) is 119 cm³/mol. The van der Waals surface area contributed by atoms with Gasteiger partial charge in [0.15, 0.2) is 11.6 Å². The van der Waals surface area contributed by atoms with Gasteiger partial charge in [-0.1, -0.05) is 20.8 Å². The second-order valence-corrected chi connectivity index (χ2v) is 10.8. The Bertz CT molecular complexity index is 969. The molecule has 0 bridgehead atoms. The summed E-state index contributed by atoms with van der Waals surface area (Å²) in [5, 5.41) is 5.71. The van der Waals surface area contributed by atoms with Crippen molar-refractivity contribution in [3.63, 3.8) is 0 Å². The lowest BCUT2D eigenvalue weighted by molar-refractivity contribution is -0.137. The topological polar surface area (TPSA) is 81.8 Å². The van der Waals surface area contributed by atoms with Crippen molar-refractivity contribution in [2.24, 2.45) is 17.3 Å². The van der Waals surface area contributed by atoms with Crippen LogP contribution in [0.1, 0.15) is 46.5 Å². The standard InChI is InChI=1S/C24H32F2N4O3/c1-15-9-23(2,3)14-24(10-15)21(32)30(22(33)28-24)13-20(31)27-11-16-6-7-29(12-16)17-4-5-18(25)19(26)8-17/h4-5,8,15-16H,6-7,9-14H2,1-3H3,(H,27,31)(H,28,33). The first-order valence-electron chi connectivity index (χ1n) is 11.6. The van der Waals surface area contributed by atoms with E-state index in [0.29, 0.717) is 44.1 Å². The highest BCUT2D eigenvalue weighted by molar-refractivity contribution is 6.09. The van der Waals surface area contributed by atoms with Gasteiger partial charge in [0.05, 0.1) is 0 Å². The number of anilines is 1. The summed E-state index contributed by atoms with van der Waals surface area (Å²) in [4.78, 5) is 41.3. The quantitative estimate of drug-likeness (QED) is 0.659. The molecular weight excluding hydrogens is 430 g/mol. The molecule has 3 aliphatic rings. The fourth-order valence-electron chi connectivity index (χ4n) is 6.02. The lowest BCUT2D eigenvalue weighted by Gasteiger charge is -2.43. The molecule has 1 aromatic carbocycles. The Kier molecular flexibility index (Phi) is 6.09. The number of nitrogens with one attached hydrogen (secondary N) is 2. The van der Waals surface area contributed by atoms with Crippen LogP contribution in [0.5, 0.6) is 0 Å². The summed E-state index contributed by atoms with van der Waals surface area (Å²) in [5.74, 6) is -2.03. The predicted octanol–water partition coefficient (Wildman–Crippen LogP) is 3.04. The van der Waals surface area contributed by atoms with Gasteiger partial charge in [-0.25, -0.2) is 13.6 Å². The molecule has 9 heteroatoms. The van der Waals surface area contributed by atoms with Crippen LogP contribution in [-0.4, -0.2) is 54.5 Å². The number of imide groups is 1. The average Bonchev–Trinajstić information content (AvgIpc) is 3.26. The maximum atomic E-state index is 13.5. The highest BCUT2D eigenvalue weighted by Gasteiger charge is 2.56. The number of benzene rings is 1. The van der Waals surface area contributed by atoms with Crippen molar-refractivity contribution in [2.75, 3.05) is 31.1 Å². The zero-order valence-corrected chi connectivity index (χ0v) is 19.4. The van der Waals surface area contributed by atoms with Crippen LogP contribution in [0.25, 0.3) is 0 Å². The number of hydrogen-bond acceptors (Lipinski definition) is 4. The first-order valence-corrected chi connectivity index (χ1v) is 11.6. The van der Waals surface area contributed by atoms with Crippen LogP contribution < -0.4 is 15.5 Å². The highest BCUT2D eigenvalue weighted by atomic mass is 19.2. The van der Waals surface area contributed by atoms with Gasteiger partial charge in [-0.3, -0.25) is 14.5 Å². The number of halogens is 2. The highest BCUT2D eigenvalue weighted by Crippen LogP contribution is 2.46. The van der Waals surface area contributed by atoms with Gasteiger partial charge in [-0.2, -0.15) is 0 Å². The van der Waals surface area contributed by atoms with Crippen molar-refractivity contribution < 1.29 is 23.2 Å². The minimum Gasteiger partial charge on any atom is -0.371 e. The molecule has 180 valence electrons. The number of nitrogens with zero attached hydrogens (tertiary/aromatic N) is 2. The number of rotatable bonds is 5. The van der Waals surface area contributed by atoms with Gasteiger partial charge in [0.25, 0.3) is 5.91 Å². The Labute approximate surface area is 192 Å². The van der Waals surface area contributed by atoms with E-state index in [0.717, 1.165) is 23.8 Å². The summed E-state index contributed by atoms with van der Waals surface area (Å²) >= 11 is 0. The van der Waals surface area contributed by atoms with Crippen LogP contribution >= 0.6 is 0 Å². The van der Waals surface area contributed by atoms with E-state index in [2.05, 4.69) is 31.4 Å². The Hall–Kier alpha value is -2.71. The Morgan fingerprint density at radius 1 is 1.21 bits per heavy atom. The van der Waals surface area contributed by atoms with Crippen LogP contribution in [0.4, 0.5) is 19.3 Å². The molecule has 3 unspecified atom stereocenters. The molecule has 1 saturated carbocycles. The molecule has 4 rings (SSSR count). The van der Waals surface area contributed by atoms with Crippen LogP contribution in [0.2, 0.25) is 0 Å². The lowest BCUT2D eigenvalue weighted by Crippen LogP contribution is -2.54. The molecule has 2 N–H and O–H groups in total. The summed E-state index contributed by atoms with van der Waals surface area (Å²) in [5.41, 5.74) is -0.382. The van der Waals surface area contributed by atoms with Gasteiger partial charge in [-0.05, 0) is 55.1 Å². The molecule has 3 fully saturated rings. The monoisotopic (exact) mass is 462 g/mol. The molecule has 1 aromatic rings. The van der Waals surface area contributed by atoms with E-state index >= 15 is 0 Å². The molecule has 2 saturated heterocycles. The minimum atomic E-state index is -0.922. The van der Waals surface area contributed by atoms with E-state index in [9.17, 15) is 23.2 Å². The van der Waals surface area contributed by atoms with Gasteiger partial charge in [0.2, 0.25) is 5.91 Å². The van der Waals surface area contributed by atoms with Gasteiger partial charge < -0.3 is 15.5 Å². The first kappa shape index (κ1) is 23.4. The van der Waals surface area contributed by atoms with Crippen molar-refractivity contribution in [1.82, 2.24) is 15.5 Å². The number of carbonyl (C=O) groups excluding carboxylic acids is 3. The molecule has 0 aromatic heterocycles. The number of urea groups is 1. The van der Waals surface area contributed by atoms with Crippen LogP contribution in [-0.2, 0) is 9.59 Å². The summed E-state index contributed by atoms with van der Waals surface area (Å²) in [6, 6.07) is 3.32. The SMILES string of the molecule is CC1CC(C)(C)CC2(C1)NC(=O)N(CC(=O)NCC1CCN(c3ccc(F)c(F)c3)C1)C2=O. The molecular formula is C24H32F2N4O3. The van der Waals surface area contributed by atoms with Crippen molar-refractivity contribution in [3.8, 4) is 0 Å². The van der Waals surface area contributed by atoms with Crippen molar-refractivity contribution in [3.05, 3.63) is 29.8 Å². The fraction of sp³-hybridized carbons (Fsp3) is 0.625. The summed E-state index contributed by atoms with van der Waals surface area (Å²) < 4.78 is 26.7. The lowest BCUT2D eigenvalue weighted by atomic mass is 9.64. The summed E-state index contributed by atoms with van der Waals surface area (Å²) in [6.07, 6.45) is 2.93. The van der Waals surface area contributed by atoms with Crippen molar-refractivity contribution in [1.29, 1.82) is 0 Å². The van der Waals surface area contributed by atoms with E-state index in [1.165, 1.54) is 6.07 Å². The molecule has 7 nitrogen and oxygen atoms in total. The number of carbonyl (C=O) groups is 3. The Morgan fingerprint density at radius 3 is 2.67 bits per heavy atom. The van der Waals surface area contributed by atoms with Gasteiger partial charge >= 0.3 is 6.03 Å². The maximum absolute atomic E-state index is 13.5. The summed E-state index contributed by atoms with van der Waals surface area (Å²) in [6.45, 7) is 7.65. The normalized spacial score (nSPS) is 29.0. The molecule has 2 heterocycles. The van der Waals surface area contributed by atoms with Crippen LogP contribution in [0.3, 0.4) is 0 Å². The zero-order chi connectivity index (χ0) is 24.0. The fourth-order valence-corrected chi connectivity index (χ4v) is 6.02. The molecule has 3 atom stereocenters. The van der Waals surface area contributed by atoms with E-state index in [-0.39, 0.29) is 29.7 Å². The molecule has 2 aliphatic heterocycles. The Balaban J connectivity index is 1.30. The van der Waals surface area contributed by atoms with Crippen LogP contribution in [0.15, 0.2) is 18.2 Å². The first-order chi connectivity index (χ1) is 15.5. The molecule has 0 radical (unpaired) electrons. The smallest absolute Gasteiger partial charge is 0.325 e. The largest absolute Gasteiger partial charge is 0.371 e. The molecule has 1 spiro atoms. The van der Waals surface area contributed by atoms with E-state index in [1.807, 2.05) is 4.90 Å². The third kappa shape index (κ3) is 4.82. The number of amides is 4. The van der Waals surface area contributed by atoms with E-state index in [4.69, 9.17) is 0 Å². The average molecular weight is 463 g/mol.